The average Bonchev–Trinajstić information content (AvgIpc) is 2.37. The van der Waals surface area contributed by atoms with E-state index in [9.17, 15) is 13.2 Å². The molecule has 0 atom stereocenters. The molecule has 1 rings (SSSR count). The normalized spacial score (nSPS) is 11.9. The van der Waals surface area contributed by atoms with Crippen molar-refractivity contribution in [2.45, 2.75) is 25.0 Å². The van der Waals surface area contributed by atoms with Gasteiger partial charge in [-0.2, -0.15) is 0 Å². The fourth-order valence-corrected chi connectivity index (χ4v) is 2.47. The lowest BCUT2D eigenvalue weighted by atomic mass is 10.5. The van der Waals surface area contributed by atoms with E-state index in [0.29, 0.717) is 13.2 Å². The number of hydrogen-bond donors (Lipinski definition) is 2. The van der Waals surface area contributed by atoms with Gasteiger partial charge < -0.3 is 14.5 Å². The van der Waals surface area contributed by atoms with Crippen LogP contribution in [0.5, 0.6) is 0 Å². The van der Waals surface area contributed by atoms with Crippen molar-refractivity contribution in [2.75, 3.05) is 19.8 Å². The smallest absolute Gasteiger partial charge is 0.246 e. The molecule has 0 unspecified atom stereocenters. The number of hydrogen-bond acceptors (Lipinski definition) is 5. The van der Waals surface area contributed by atoms with Crippen LogP contribution in [0, 0.1) is 0 Å². The van der Waals surface area contributed by atoms with E-state index >= 15 is 0 Å². The van der Waals surface area contributed by atoms with Crippen molar-refractivity contribution in [3.63, 3.8) is 0 Å². The van der Waals surface area contributed by atoms with Crippen LogP contribution < -0.4 is 10.2 Å². The second-order valence-electron chi connectivity index (χ2n) is 3.56. The zero-order valence-corrected chi connectivity index (χ0v) is 11.7. The molecule has 0 saturated carbocycles. The summed E-state index contributed by atoms with van der Waals surface area (Å²) in [7, 11) is -3.88. The maximum absolute atomic E-state index is 11.9. The number of aromatic nitrogens is 1. The molecular weight excluding hydrogens is 272 g/mol. The van der Waals surface area contributed by atoms with Gasteiger partial charge in [-0.3, -0.25) is 4.79 Å². The van der Waals surface area contributed by atoms with Crippen molar-refractivity contribution >= 4 is 10.0 Å². The van der Waals surface area contributed by atoms with Gasteiger partial charge in [-0.1, -0.05) is 0 Å². The number of H-pyrrole nitrogens is 1. The van der Waals surface area contributed by atoms with Crippen LogP contribution >= 0.6 is 0 Å². The lowest BCUT2D eigenvalue weighted by molar-refractivity contribution is -0.130. The quantitative estimate of drug-likeness (QED) is 0.659. The van der Waals surface area contributed by atoms with Gasteiger partial charge in [0.1, 0.15) is 4.90 Å². The molecule has 19 heavy (non-hydrogen) atoms. The molecule has 0 bridgehead atoms. The van der Waals surface area contributed by atoms with Crippen LogP contribution in [-0.4, -0.2) is 39.5 Å². The number of pyridine rings is 1. The van der Waals surface area contributed by atoms with Gasteiger partial charge >= 0.3 is 0 Å². The van der Waals surface area contributed by atoms with Crippen LogP contribution in [0.4, 0.5) is 0 Å². The Bertz CT molecular complexity index is 534. The van der Waals surface area contributed by atoms with Crippen molar-refractivity contribution in [3.8, 4) is 0 Å². The van der Waals surface area contributed by atoms with Crippen LogP contribution in [0.1, 0.15) is 13.8 Å². The highest BCUT2D eigenvalue weighted by molar-refractivity contribution is 7.89. The summed E-state index contributed by atoms with van der Waals surface area (Å²) in [6.45, 7) is 4.31. The minimum Gasteiger partial charge on any atom is -0.366 e. The summed E-state index contributed by atoms with van der Waals surface area (Å²) in [4.78, 5) is 13.7. The fourth-order valence-electron chi connectivity index (χ4n) is 1.40. The monoisotopic (exact) mass is 290 g/mol. The van der Waals surface area contributed by atoms with Crippen molar-refractivity contribution in [1.82, 2.24) is 9.71 Å². The summed E-state index contributed by atoms with van der Waals surface area (Å²) in [6.07, 6.45) is 1.83. The molecule has 1 heterocycles. The molecule has 0 fully saturated rings. The van der Waals surface area contributed by atoms with E-state index in [0.717, 1.165) is 12.3 Å². The van der Waals surface area contributed by atoms with Crippen molar-refractivity contribution in [1.29, 1.82) is 0 Å². The van der Waals surface area contributed by atoms with Crippen LogP contribution in [0.25, 0.3) is 0 Å². The zero-order valence-electron chi connectivity index (χ0n) is 10.9. The second-order valence-corrected chi connectivity index (χ2v) is 5.30. The molecule has 2 N–H and O–H groups in total. The van der Waals surface area contributed by atoms with E-state index in [1.165, 1.54) is 6.20 Å². The third-order valence-corrected chi connectivity index (χ3v) is 3.67. The van der Waals surface area contributed by atoms with Crippen LogP contribution in [0.3, 0.4) is 0 Å². The van der Waals surface area contributed by atoms with Crippen LogP contribution in [-0.2, 0) is 19.5 Å². The van der Waals surface area contributed by atoms with Crippen LogP contribution in [0.2, 0.25) is 0 Å². The van der Waals surface area contributed by atoms with Gasteiger partial charge in [0.2, 0.25) is 15.5 Å². The minimum absolute atomic E-state index is 0.0572. The van der Waals surface area contributed by atoms with Gasteiger partial charge in [0.05, 0.1) is 6.54 Å². The molecule has 0 spiro atoms. The summed E-state index contributed by atoms with van der Waals surface area (Å²) in [6, 6.07) is 1.15. The van der Waals surface area contributed by atoms with Gasteiger partial charge in [-0.25, -0.2) is 13.1 Å². The first-order valence-electron chi connectivity index (χ1n) is 5.91. The number of rotatable bonds is 8. The molecule has 7 nitrogen and oxygen atoms in total. The van der Waals surface area contributed by atoms with Gasteiger partial charge in [-0.15, -0.1) is 0 Å². The SMILES string of the molecule is CCOC(CNS(=O)(=O)c1c[nH]ccc1=O)OCC. The Hall–Kier alpha value is -1.22. The van der Waals surface area contributed by atoms with Gasteiger partial charge in [0, 0.05) is 31.7 Å². The molecule has 0 amide bonds. The molecule has 0 radical (unpaired) electrons. The summed E-state index contributed by atoms with van der Waals surface area (Å²) < 4.78 is 36.6. The van der Waals surface area contributed by atoms with Gasteiger partial charge in [0.15, 0.2) is 6.29 Å². The van der Waals surface area contributed by atoms with Gasteiger partial charge in [0.25, 0.3) is 0 Å². The third-order valence-electron chi connectivity index (χ3n) is 2.22. The predicted molar refractivity (Wildman–Crippen MR) is 69.3 cm³/mol. The Morgan fingerprint density at radius 2 is 1.95 bits per heavy atom. The number of nitrogens with one attached hydrogen (secondary N) is 2. The van der Waals surface area contributed by atoms with E-state index in [-0.39, 0.29) is 11.4 Å². The van der Waals surface area contributed by atoms with Crippen molar-refractivity contribution in [2.24, 2.45) is 0 Å². The first-order chi connectivity index (χ1) is 9.01. The molecule has 0 aliphatic carbocycles. The largest absolute Gasteiger partial charge is 0.366 e. The first-order valence-corrected chi connectivity index (χ1v) is 7.39. The van der Waals surface area contributed by atoms with E-state index in [1.807, 2.05) is 0 Å². The van der Waals surface area contributed by atoms with Crippen molar-refractivity contribution in [3.05, 3.63) is 28.7 Å². The number of ether oxygens (including phenoxy) is 2. The fraction of sp³-hybridized carbons (Fsp3) is 0.545. The highest BCUT2D eigenvalue weighted by Crippen LogP contribution is 2.01. The Balaban J connectivity index is 2.75. The molecule has 108 valence electrons. The molecule has 0 aliphatic rings. The predicted octanol–water partition coefficient (Wildman–Crippen LogP) is 0.0523. The Morgan fingerprint density at radius 3 is 2.47 bits per heavy atom. The van der Waals surface area contributed by atoms with Gasteiger partial charge in [-0.05, 0) is 13.8 Å². The first kappa shape index (κ1) is 15.8. The standard InChI is InChI=1S/C11H18N2O5S/c1-3-17-11(18-4-2)8-13-19(15,16)10-7-12-6-5-9(10)14/h5-7,11,13H,3-4,8H2,1-2H3,(H,12,14). The van der Waals surface area contributed by atoms with E-state index in [4.69, 9.17) is 9.47 Å². The minimum atomic E-state index is -3.88. The number of aromatic amines is 1. The topological polar surface area (TPSA) is 97.5 Å². The second kappa shape index (κ2) is 7.39. The maximum atomic E-state index is 11.9. The lowest BCUT2D eigenvalue weighted by Gasteiger charge is -2.17. The molecule has 0 saturated heterocycles. The summed E-state index contributed by atoms with van der Waals surface area (Å²) in [5.74, 6) is 0. The molecule has 0 aromatic carbocycles. The summed E-state index contributed by atoms with van der Waals surface area (Å²) >= 11 is 0. The lowest BCUT2D eigenvalue weighted by Crippen LogP contribution is -2.37. The molecule has 1 aromatic rings. The van der Waals surface area contributed by atoms with Crippen LogP contribution in [0.15, 0.2) is 28.2 Å². The molecule has 8 heteroatoms. The summed E-state index contributed by atoms with van der Waals surface area (Å²) in [5.41, 5.74) is -0.574. The Labute approximate surface area is 112 Å². The highest BCUT2D eigenvalue weighted by Gasteiger charge is 2.19. The maximum Gasteiger partial charge on any atom is 0.246 e. The molecular formula is C11H18N2O5S. The van der Waals surface area contributed by atoms with E-state index in [2.05, 4.69) is 9.71 Å². The zero-order chi connectivity index (χ0) is 14.3. The molecule has 0 aliphatic heterocycles. The van der Waals surface area contributed by atoms with E-state index in [1.54, 1.807) is 13.8 Å². The Kier molecular flexibility index (Phi) is 6.16. The molecule has 1 aromatic heterocycles. The number of sulfonamides is 1. The summed E-state index contributed by atoms with van der Waals surface area (Å²) in [5, 5.41) is 0. The highest BCUT2D eigenvalue weighted by atomic mass is 32.2. The third kappa shape index (κ3) is 4.75. The van der Waals surface area contributed by atoms with E-state index < -0.39 is 21.7 Å². The Morgan fingerprint density at radius 1 is 1.32 bits per heavy atom. The van der Waals surface area contributed by atoms with Crippen molar-refractivity contribution < 1.29 is 17.9 Å². The average molecular weight is 290 g/mol.